The van der Waals surface area contributed by atoms with Gasteiger partial charge in [-0.25, -0.2) is 0 Å². The molecule has 0 radical (unpaired) electrons. The number of amides is 1. The molecule has 0 heterocycles. The molecule has 1 amide bonds. The zero-order valence-corrected chi connectivity index (χ0v) is 13.0. The monoisotopic (exact) mass is 275 g/mol. The van der Waals surface area contributed by atoms with Crippen molar-refractivity contribution >= 4 is 5.91 Å². The molecule has 0 fully saturated rings. The summed E-state index contributed by atoms with van der Waals surface area (Å²) in [6.07, 6.45) is 3.30. The van der Waals surface area contributed by atoms with Crippen LogP contribution in [0, 0.1) is 5.41 Å². The minimum Gasteiger partial charge on any atom is -0.497 e. The topological polar surface area (TPSA) is 38.3 Å². The highest BCUT2D eigenvalue weighted by molar-refractivity contribution is 5.72. The van der Waals surface area contributed by atoms with E-state index >= 15 is 0 Å². The molecule has 3 nitrogen and oxygen atoms in total. The smallest absolute Gasteiger partial charge is 0.216 e. The highest BCUT2D eigenvalue weighted by Gasteiger charge is 2.35. The summed E-state index contributed by atoms with van der Waals surface area (Å²) in [5.41, 5.74) is 3.08. The lowest BCUT2D eigenvalue weighted by Crippen LogP contribution is -2.32. The largest absolute Gasteiger partial charge is 0.497 e. The van der Waals surface area contributed by atoms with Gasteiger partial charge in [-0.1, -0.05) is 19.9 Å². The van der Waals surface area contributed by atoms with Crippen LogP contribution in [0.25, 0.3) is 0 Å². The van der Waals surface area contributed by atoms with Gasteiger partial charge in [0, 0.05) is 13.5 Å². The summed E-state index contributed by atoms with van der Waals surface area (Å²) in [7, 11) is 1.71. The molecule has 1 N–H and O–H groups in total. The molecule has 0 aromatic heterocycles. The van der Waals surface area contributed by atoms with E-state index in [4.69, 9.17) is 4.74 Å². The van der Waals surface area contributed by atoms with Crippen LogP contribution in [0.3, 0.4) is 0 Å². The van der Waals surface area contributed by atoms with Gasteiger partial charge in [-0.05, 0) is 53.9 Å². The second-order valence-electron chi connectivity index (χ2n) is 6.38. The normalized spacial score (nSPS) is 20.1. The van der Waals surface area contributed by atoms with Crippen molar-refractivity contribution in [3.05, 3.63) is 29.3 Å². The number of nitrogens with one attached hydrogen (secondary N) is 1. The minimum atomic E-state index is 0.0458. The van der Waals surface area contributed by atoms with E-state index in [1.807, 2.05) is 6.07 Å². The number of carbonyl (C=O) groups excluding carboxylic acids is 1. The number of fused-ring (bicyclic) bond motifs is 1. The predicted molar refractivity (Wildman–Crippen MR) is 81.1 cm³/mol. The lowest BCUT2D eigenvalue weighted by molar-refractivity contribution is -0.119. The molecule has 3 heteroatoms. The lowest BCUT2D eigenvalue weighted by Gasteiger charge is -2.40. The summed E-state index contributed by atoms with van der Waals surface area (Å²) in [6, 6.07) is 6.41. The van der Waals surface area contributed by atoms with Crippen LogP contribution in [0.15, 0.2) is 18.2 Å². The first-order valence-corrected chi connectivity index (χ1v) is 7.35. The fourth-order valence-electron chi connectivity index (χ4n) is 3.24. The highest BCUT2D eigenvalue weighted by Crippen LogP contribution is 2.47. The molecule has 1 aromatic carbocycles. The molecule has 0 bridgehead atoms. The number of carbonyl (C=O) groups is 1. The molecule has 1 aliphatic carbocycles. The van der Waals surface area contributed by atoms with Crippen LogP contribution < -0.4 is 10.1 Å². The van der Waals surface area contributed by atoms with E-state index < -0.39 is 0 Å². The number of ether oxygens (including phenoxy) is 1. The summed E-state index contributed by atoms with van der Waals surface area (Å²) >= 11 is 0. The van der Waals surface area contributed by atoms with Crippen molar-refractivity contribution in [2.24, 2.45) is 5.41 Å². The molecule has 1 atom stereocenters. The number of benzene rings is 1. The van der Waals surface area contributed by atoms with Crippen LogP contribution in [-0.4, -0.2) is 19.6 Å². The maximum Gasteiger partial charge on any atom is 0.216 e. The van der Waals surface area contributed by atoms with Crippen LogP contribution in [0.4, 0.5) is 0 Å². The van der Waals surface area contributed by atoms with Crippen LogP contribution in [0.1, 0.15) is 50.7 Å². The van der Waals surface area contributed by atoms with E-state index in [9.17, 15) is 4.79 Å². The number of hydrogen-bond acceptors (Lipinski definition) is 2. The standard InChI is InChI=1S/C17H25NO2/c1-12(19)18-10-8-16-15-11-14(20-4)6-5-13(15)7-9-17(16,2)3/h5-6,11,16H,7-10H2,1-4H3,(H,18,19). The van der Waals surface area contributed by atoms with Crippen LogP contribution in [0.2, 0.25) is 0 Å². The van der Waals surface area contributed by atoms with E-state index in [2.05, 4.69) is 31.3 Å². The van der Waals surface area contributed by atoms with Crippen molar-refractivity contribution in [3.8, 4) is 5.75 Å². The third kappa shape index (κ3) is 3.14. The van der Waals surface area contributed by atoms with Gasteiger partial charge in [0.25, 0.3) is 0 Å². The Kier molecular flexibility index (Phi) is 4.36. The van der Waals surface area contributed by atoms with Crippen LogP contribution in [0.5, 0.6) is 5.75 Å². The van der Waals surface area contributed by atoms with Crippen molar-refractivity contribution < 1.29 is 9.53 Å². The Labute approximate surface area is 121 Å². The quantitative estimate of drug-likeness (QED) is 0.915. The molecular formula is C17H25NO2. The summed E-state index contributed by atoms with van der Waals surface area (Å²) < 4.78 is 5.37. The van der Waals surface area contributed by atoms with Gasteiger partial charge < -0.3 is 10.1 Å². The van der Waals surface area contributed by atoms with Gasteiger partial charge in [-0.15, -0.1) is 0 Å². The van der Waals surface area contributed by atoms with Gasteiger partial charge in [-0.2, -0.15) is 0 Å². The first-order chi connectivity index (χ1) is 9.44. The summed E-state index contributed by atoms with van der Waals surface area (Å²) in [6.45, 7) is 6.96. The first kappa shape index (κ1) is 14.9. The predicted octanol–water partition coefficient (Wildman–Crippen LogP) is 3.28. The Morgan fingerprint density at radius 3 is 2.85 bits per heavy atom. The summed E-state index contributed by atoms with van der Waals surface area (Å²) in [5, 5.41) is 2.92. The fourth-order valence-corrected chi connectivity index (χ4v) is 3.24. The molecular weight excluding hydrogens is 250 g/mol. The SMILES string of the molecule is COc1ccc2c(c1)C(CCNC(C)=O)C(C)(C)CC2. The Bertz CT molecular complexity index is 494. The molecule has 20 heavy (non-hydrogen) atoms. The third-order valence-corrected chi connectivity index (χ3v) is 4.52. The molecule has 1 aromatic rings. The van der Waals surface area contributed by atoms with Crippen molar-refractivity contribution in [2.45, 2.75) is 46.0 Å². The average Bonchev–Trinajstić information content (AvgIpc) is 2.40. The Hall–Kier alpha value is -1.51. The number of rotatable bonds is 4. The average molecular weight is 275 g/mol. The fraction of sp³-hybridized carbons (Fsp3) is 0.588. The van der Waals surface area contributed by atoms with Gasteiger partial charge in [0.05, 0.1) is 7.11 Å². The van der Waals surface area contributed by atoms with Crippen molar-refractivity contribution in [2.75, 3.05) is 13.7 Å². The molecule has 110 valence electrons. The second kappa shape index (κ2) is 5.86. The van der Waals surface area contributed by atoms with E-state index in [1.165, 1.54) is 17.5 Å². The van der Waals surface area contributed by atoms with E-state index in [0.29, 0.717) is 5.92 Å². The Balaban J connectivity index is 2.25. The van der Waals surface area contributed by atoms with Gasteiger partial charge in [-0.3, -0.25) is 4.79 Å². The highest BCUT2D eigenvalue weighted by atomic mass is 16.5. The third-order valence-electron chi connectivity index (χ3n) is 4.52. The molecule has 1 unspecified atom stereocenters. The number of aryl methyl sites for hydroxylation is 1. The lowest BCUT2D eigenvalue weighted by atomic mass is 9.65. The van der Waals surface area contributed by atoms with Gasteiger partial charge in [0.1, 0.15) is 5.75 Å². The first-order valence-electron chi connectivity index (χ1n) is 7.35. The molecule has 1 aliphatic rings. The summed E-state index contributed by atoms with van der Waals surface area (Å²) in [4.78, 5) is 11.1. The molecule has 2 rings (SSSR count). The van der Waals surface area contributed by atoms with Gasteiger partial charge in [0.2, 0.25) is 5.91 Å². The Morgan fingerprint density at radius 1 is 1.45 bits per heavy atom. The van der Waals surface area contributed by atoms with E-state index in [0.717, 1.165) is 25.1 Å². The number of methoxy groups -OCH3 is 1. The Morgan fingerprint density at radius 2 is 2.20 bits per heavy atom. The van der Waals surface area contributed by atoms with Crippen LogP contribution >= 0.6 is 0 Å². The maximum atomic E-state index is 11.1. The molecule has 0 aliphatic heterocycles. The minimum absolute atomic E-state index is 0.0458. The van der Waals surface area contributed by atoms with Crippen LogP contribution in [-0.2, 0) is 11.2 Å². The van der Waals surface area contributed by atoms with E-state index in [1.54, 1.807) is 14.0 Å². The van der Waals surface area contributed by atoms with Crippen molar-refractivity contribution in [1.29, 1.82) is 0 Å². The molecule has 0 saturated heterocycles. The molecule has 0 spiro atoms. The number of hydrogen-bond donors (Lipinski definition) is 1. The zero-order valence-electron chi connectivity index (χ0n) is 13.0. The van der Waals surface area contributed by atoms with Gasteiger partial charge in [0.15, 0.2) is 0 Å². The van der Waals surface area contributed by atoms with Crippen molar-refractivity contribution in [3.63, 3.8) is 0 Å². The second-order valence-corrected chi connectivity index (χ2v) is 6.38. The van der Waals surface area contributed by atoms with Crippen molar-refractivity contribution in [1.82, 2.24) is 5.32 Å². The zero-order chi connectivity index (χ0) is 14.8. The van der Waals surface area contributed by atoms with E-state index in [-0.39, 0.29) is 11.3 Å². The maximum absolute atomic E-state index is 11.1. The summed E-state index contributed by atoms with van der Waals surface area (Å²) in [5.74, 6) is 1.43. The van der Waals surface area contributed by atoms with Gasteiger partial charge >= 0.3 is 0 Å². The molecule has 0 saturated carbocycles.